The van der Waals surface area contributed by atoms with Gasteiger partial charge < -0.3 is 5.73 Å². The molecule has 0 saturated carbocycles. The van der Waals surface area contributed by atoms with Crippen LogP contribution < -0.4 is 5.73 Å². The highest BCUT2D eigenvalue weighted by atomic mass is 79.9. The first-order valence-corrected chi connectivity index (χ1v) is 5.76. The van der Waals surface area contributed by atoms with Crippen LogP contribution in [0, 0.1) is 5.82 Å². The number of halogens is 3. The lowest BCUT2D eigenvalue weighted by Gasteiger charge is -2.07. The van der Waals surface area contributed by atoms with Crippen LogP contribution >= 0.6 is 27.5 Å². The number of rotatable bonds is 1. The molecule has 0 atom stereocenters. The summed E-state index contributed by atoms with van der Waals surface area (Å²) in [6, 6.07) is 10.1. The fraction of sp³-hybridized carbons (Fsp3) is 0. The highest BCUT2D eigenvalue weighted by Gasteiger charge is 2.11. The normalized spacial score (nSPS) is 10.4. The molecule has 82 valence electrons. The van der Waals surface area contributed by atoms with Gasteiger partial charge in [0, 0.05) is 16.8 Å². The summed E-state index contributed by atoms with van der Waals surface area (Å²) in [5.74, 6) is -0.325. The summed E-state index contributed by atoms with van der Waals surface area (Å²) in [7, 11) is 0. The molecule has 0 bridgehead atoms. The van der Waals surface area contributed by atoms with Crippen LogP contribution in [0.15, 0.2) is 40.9 Å². The second-order valence-electron chi connectivity index (χ2n) is 3.34. The third-order valence-electron chi connectivity index (χ3n) is 2.23. The maximum atomic E-state index is 13.8. The zero-order valence-electron chi connectivity index (χ0n) is 8.18. The van der Waals surface area contributed by atoms with Crippen molar-refractivity contribution < 1.29 is 4.39 Å². The van der Waals surface area contributed by atoms with Gasteiger partial charge >= 0.3 is 0 Å². The van der Waals surface area contributed by atoms with Gasteiger partial charge in [0.1, 0.15) is 5.82 Å². The lowest BCUT2D eigenvalue weighted by Crippen LogP contribution is -1.89. The quantitative estimate of drug-likeness (QED) is 0.772. The van der Waals surface area contributed by atoms with E-state index < -0.39 is 0 Å². The van der Waals surface area contributed by atoms with E-state index in [2.05, 4.69) is 15.9 Å². The Bertz CT molecular complexity index is 543. The summed E-state index contributed by atoms with van der Waals surface area (Å²) in [5.41, 5.74) is 7.24. The van der Waals surface area contributed by atoms with E-state index in [9.17, 15) is 4.39 Å². The molecule has 0 aliphatic rings. The third-order valence-corrected chi connectivity index (χ3v) is 3.16. The molecule has 0 aliphatic carbocycles. The molecule has 0 unspecified atom stereocenters. The topological polar surface area (TPSA) is 26.0 Å². The van der Waals surface area contributed by atoms with E-state index in [0.29, 0.717) is 26.3 Å². The molecule has 2 N–H and O–H groups in total. The van der Waals surface area contributed by atoms with Crippen LogP contribution in [0.3, 0.4) is 0 Å². The Hall–Kier alpha value is -1.06. The summed E-state index contributed by atoms with van der Waals surface area (Å²) in [6.07, 6.45) is 0. The van der Waals surface area contributed by atoms with Crippen LogP contribution in [0.1, 0.15) is 0 Å². The number of hydrogen-bond acceptors (Lipinski definition) is 1. The zero-order valence-corrected chi connectivity index (χ0v) is 10.5. The summed E-state index contributed by atoms with van der Waals surface area (Å²) in [5, 5.41) is 0.442. The van der Waals surface area contributed by atoms with E-state index in [1.807, 2.05) is 0 Å². The van der Waals surface area contributed by atoms with Gasteiger partial charge in [-0.15, -0.1) is 0 Å². The zero-order chi connectivity index (χ0) is 11.7. The SMILES string of the molecule is Nc1ccc(-c2cccc(Br)c2F)c(Cl)c1. The van der Waals surface area contributed by atoms with E-state index in [-0.39, 0.29) is 5.82 Å². The van der Waals surface area contributed by atoms with Crippen molar-refractivity contribution in [2.75, 3.05) is 5.73 Å². The Kier molecular flexibility index (Phi) is 3.17. The minimum absolute atomic E-state index is 0.325. The van der Waals surface area contributed by atoms with Gasteiger partial charge in [0.15, 0.2) is 0 Å². The van der Waals surface area contributed by atoms with Crippen molar-refractivity contribution in [3.63, 3.8) is 0 Å². The lowest BCUT2D eigenvalue weighted by atomic mass is 10.0. The maximum absolute atomic E-state index is 13.8. The fourth-order valence-corrected chi connectivity index (χ4v) is 2.12. The van der Waals surface area contributed by atoms with Gasteiger partial charge in [-0.1, -0.05) is 29.8 Å². The first-order chi connectivity index (χ1) is 7.59. The Morgan fingerprint density at radius 2 is 1.88 bits per heavy atom. The predicted octanol–water partition coefficient (Wildman–Crippen LogP) is 4.49. The van der Waals surface area contributed by atoms with Crippen LogP contribution in [0.2, 0.25) is 5.02 Å². The Labute approximate surface area is 106 Å². The van der Waals surface area contributed by atoms with E-state index in [1.54, 1.807) is 36.4 Å². The van der Waals surface area contributed by atoms with Crippen LogP contribution in [0.25, 0.3) is 11.1 Å². The van der Waals surface area contributed by atoms with Crippen molar-refractivity contribution in [2.45, 2.75) is 0 Å². The monoisotopic (exact) mass is 299 g/mol. The van der Waals surface area contributed by atoms with E-state index in [1.165, 1.54) is 0 Å². The Morgan fingerprint density at radius 1 is 1.12 bits per heavy atom. The average molecular weight is 301 g/mol. The van der Waals surface area contributed by atoms with Gasteiger partial charge in [0.2, 0.25) is 0 Å². The molecule has 0 radical (unpaired) electrons. The van der Waals surface area contributed by atoms with Gasteiger partial charge in [-0.3, -0.25) is 0 Å². The minimum Gasteiger partial charge on any atom is -0.399 e. The first kappa shape index (κ1) is 11.4. The molecular weight excluding hydrogens is 292 g/mol. The summed E-state index contributed by atoms with van der Waals surface area (Å²) < 4.78 is 14.2. The van der Waals surface area contributed by atoms with Crippen molar-refractivity contribution in [3.8, 4) is 11.1 Å². The highest BCUT2D eigenvalue weighted by Crippen LogP contribution is 2.33. The van der Waals surface area contributed by atoms with Crippen molar-refractivity contribution >= 4 is 33.2 Å². The summed E-state index contributed by atoms with van der Waals surface area (Å²) >= 11 is 9.17. The summed E-state index contributed by atoms with van der Waals surface area (Å²) in [6.45, 7) is 0. The second-order valence-corrected chi connectivity index (χ2v) is 4.60. The Morgan fingerprint density at radius 3 is 2.56 bits per heavy atom. The van der Waals surface area contributed by atoms with Crippen LogP contribution in [-0.4, -0.2) is 0 Å². The average Bonchev–Trinajstić information content (AvgIpc) is 2.23. The van der Waals surface area contributed by atoms with Gasteiger partial charge in [-0.25, -0.2) is 4.39 Å². The fourth-order valence-electron chi connectivity index (χ4n) is 1.46. The van der Waals surface area contributed by atoms with Gasteiger partial charge in [-0.05, 0) is 34.1 Å². The molecule has 0 heterocycles. The molecule has 0 aliphatic heterocycles. The molecule has 2 aromatic rings. The van der Waals surface area contributed by atoms with Crippen LogP contribution in [-0.2, 0) is 0 Å². The van der Waals surface area contributed by atoms with Gasteiger partial charge in [0.05, 0.1) is 9.50 Å². The molecule has 0 aromatic heterocycles. The van der Waals surface area contributed by atoms with E-state index >= 15 is 0 Å². The minimum atomic E-state index is -0.325. The van der Waals surface area contributed by atoms with Crippen LogP contribution in [0.4, 0.5) is 10.1 Å². The van der Waals surface area contributed by atoms with Gasteiger partial charge in [0.25, 0.3) is 0 Å². The molecule has 0 spiro atoms. The molecular formula is C12H8BrClFN. The Balaban J connectivity index is 2.63. The largest absolute Gasteiger partial charge is 0.399 e. The highest BCUT2D eigenvalue weighted by molar-refractivity contribution is 9.10. The number of anilines is 1. The van der Waals surface area contributed by atoms with Crippen molar-refractivity contribution in [3.05, 3.63) is 51.7 Å². The van der Waals surface area contributed by atoms with Crippen molar-refractivity contribution in [1.29, 1.82) is 0 Å². The number of nitrogen functional groups attached to an aromatic ring is 1. The van der Waals surface area contributed by atoms with Crippen molar-refractivity contribution in [2.24, 2.45) is 0 Å². The van der Waals surface area contributed by atoms with E-state index in [0.717, 1.165) is 0 Å². The number of nitrogens with two attached hydrogens (primary N) is 1. The molecule has 0 amide bonds. The summed E-state index contributed by atoms with van der Waals surface area (Å²) in [4.78, 5) is 0. The van der Waals surface area contributed by atoms with Crippen LogP contribution in [0.5, 0.6) is 0 Å². The van der Waals surface area contributed by atoms with Gasteiger partial charge in [-0.2, -0.15) is 0 Å². The van der Waals surface area contributed by atoms with E-state index in [4.69, 9.17) is 17.3 Å². The molecule has 4 heteroatoms. The molecule has 2 rings (SSSR count). The van der Waals surface area contributed by atoms with Crippen molar-refractivity contribution in [1.82, 2.24) is 0 Å². The number of hydrogen-bond donors (Lipinski definition) is 1. The molecule has 16 heavy (non-hydrogen) atoms. The molecule has 1 nitrogen and oxygen atoms in total. The predicted molar refractivity (Wildman–Crippen MR) is 69.0 cm³/mol. The standard InChI is InChI=1S/C12H8BrClFN/c13-10-3-1-2-9(12(10)15)8-5-4-7(16)6-11(8)14/h1-6H,16H2. The number of benzene rings is 2. The molecule has 0 fully saturated rings. The lowest BCUT2D eigenvalue weighted by molar-refractivity contribution is 0.624. The molecule has 0 saturated heterocycles. The first-order valence-electron chi connectivity index (χ1n) is 4.59. The molecule has 2 aromatic carbocycles. The smallest absolute Gasteiger partial charge is 0.145 e. The second kappa shape index (κ2) is 4.44. The maximum Gasteiger partial charge on any atom is 0.145 e. The third kappa shape index (κ3) is 2.06.